The monoisotopic (exact) mass is 490 g/mol. The third kappa shape index (κ3) is 4.29. The highest BCUT2D eigenvalue weighted by molar-refractivity contribution is 5.77. The average Bonchev–Trinajstić information content (AvgIpc) is 3.55. The van der Waals surface area contributed by atoms with E-state index in [0.29, 0.717) is 25.6 Å². The molecule has 6 rings (SSSR count). The molecule has 1 aliphatic carbocycles. The van der Waals surface area contributed by atoms with Crippen LogP contribution in [0.3, 0.4) is 0 Å². The number of nitrogens with two attached hydrogens (primary N) is 1. The van der Waals surface area contributed by atoms with Crippen LogP contribution in [0.15, 0.2) is 42.7 Å². The average molecular weight is 491 g/mol. The highest BCUT2D eigenvalue weighted by atomic mass is 16.2. The van der Waals surface area contributed by atoms with E-state index >= 15 is 0 Å². The number of aromatic nitrogens is 2. The van der Waals surface area contributed by atoms with Crippen molar-refractivity contribution in [1.82, 2.24) is 24.3 Å². The van der Waals surface area contributed by atoms with E-state index in [1.165, 1.54) is 18.4 Å². The van der Waals surface area contributed by atoms with Crippen molar-refractivity contribution < 1.29 is 9.59 Å². The first-order chi connectivity index (χ1) is 17.5. The Balaban J connectivity index is 1.18. The van der Waals surface area contributed by atoms with E-state index in [4.69, 9.17) is 5.73 Å². The maximum atomic E-state index is 14.0. The van der Waals surface area contributed by atoms with Crippen LogP contribution in [0.2, 0.25) is 0 Å². The molecule has 1 aromatic carbocycles. The molecule has 0 radical (unpaired) electrons. The summed E-state index contributed by atoms with van der Waals surface area (Å²) >= 11 is 0. The van der Waals surface area contributed by atoms with Gasteiger partial charge in [0.15, 0.2) is 0 Å². The molecule has 2 N–H and O–H groups in total. The van der Waals surface area contributed by atoms with Crippen molar-refractivity contribution in [2.75, 3.05) is 26.2 Å². The molecule has 1 saturated carbocycles. The van der Waals surface area contributed by atoms with E-state index in [1.54, 1.807) is 6.20 Å². The summed E-state index contributed by atoms with van der Waals surface area (Å²) in [6, 6.07) is 10.7. The lowest BCUT2D eigenvalue weighted by Crippen LogP contribution is -2.57. The maximum Gasteiger partial charge on any atom is 0.320 e. The summed E-state index contributed by atoms with van der Waals surface area (Å²) in [6.45, 7) is 4.02. The van der Waals surface area contributed by atoms with Gasteiger partial charge in [-0.15, -0.1) is 0 Å². The van der Waals surface area contributed by atoms with Gasteiger partial charge in [-0.25, -0.2) is 9.78 Å². The zero-order valence-corrected chi connectivity index (χ0v) is 21.1. The zero-order valence-electron chi connectivity index (χ0n) is 21.1. The zero-order chi connectivity index (χ0) is 24.7. The smallest absolute Gasteiger partial charge is 0.320 e. The van der Waals surface area contributed by atoms with Crippen molar-refractivity contribution in [2.24, 2.45) is 17.1 Å². The summed E-state index contributed by atoms with van der Waals surface area (Å²) < 4.78 is 1.96. The van der Waals surface area contributed by atoms with Crippen molar-refractivity contribution in [3.05, 3.63) is 54.1 Å². The third-order valence-electron chi connectivity index (χ3n) is 9.30. The molecule has 2 aromatic rings. The molecule has 4 heterocycles. The number of nitrogens with zero attached hydrogens (tertiary/aromatic N) is 5. The van der Waals surface area contributed by atoms with Crippen LogP contribution in [0.1, 0.15) is 62.4 Å². The Morgan fingerprint density at radius 1 is 1.08 bits per heavy atom. The normalized spacial score (nSPS) is 28.0. The van der Waals surface area contributed by atoms with Gasteiger partial charge >= 0.3 is 6.03 Å². The van der Waals surface area contributed by atoms with Gasteiger partial charge in [0, 0.05) is 44.6 Å². The van der Waals surface area contributed by atoms with E-state index < -0.39 is 0 Å². The number of carbonyl (C=O) groups is 2. The van der Waals surface area contributed by atoms with Crippen molar-refractivity contribution in [1.29, 1.82) is 0 Å². The molecule has 1 unspecified atom stereocenters. The van der Waals surface area contributed by atoms with Crippen molar-refractivity contribution in [2.45, 2.75) is 70.1 Å². The topological polar surface area (TPSA) is 87.7 Å². The van der Waals surface area contributed by atoms with Gasteiger partial charge in [-0.05, 0) is 49.0 Å². The van der Waals surface area contributed by atoms with Gasteiger partial charge < -0.3 is 25.0 Å². The van der Waals surface area contributed by atoms with Crippen LogP contribution in [-0.4, -0.2) is 68.4 Å². The van der Waals surface area contributed by atoms with Crippen molar-refractivity contribution >= 4 is 11.9 Å². The first-order valence-corrected chi connectivity index (χ1v) is 13.7. The minimum absolute atomic E-state index is 0.0365. The van der Waals surface area contributed by atoms with E-state index in [9.17, 15) is 9.59 Å². The SMILES string of the molecule is N[C@@H]1CCN(C(=O)N2CCC(CN3Cc4nccn4CC3=O)C3(CCCC3)C2)[C@H](c2ccccc2)C1. The summed E-state index contributed by atoms with van der Waals surface area (Å²) in [5, 5.41) is 0. The Morgan fingerprint density at radius 3 is 2.69 bits per heavy atom. The first kappa shape index (κ1) is 23.5. The quantitative estimate of drug-likeness (QED) is 0.714. The summed E-state index contributed by atoms with van der Waals surface area (Å²) in [5.74, 6) is 1.58. The van der Waals surface area contributed by atoms with Crippen LogP contribution in [0.25, 0.3) is 0 Å². The molecule has 2 saturated heterocycles. The van der Waals surface area contributed by atoms with E-state index in [-0.39, 0.29) is 29.4 Å². The van der Waals surface area contributed by atoms with Gasteiger partial charge in [0.1, 0.15) is 12.4 Å². The molecule has 8 heteroatoms. The largest absolute Gasteiger partial charge is 0.333 e. The summed E-state index contributed by atoms with van der Waals surface area (Å²) in [7, 11) is 0. The highest BCUT2D eigenvalue weighted by Crippen LogP contribution is 2.49. The minimum atomic E-state index is 0.0365. The maximum absolute atomic E-state index is 14.0. The molecule has 0 bridgehead atoms. The number of urea groups is 1. The number of likely N-dealkylation sites (tertiary alicyclic amines) is 2. The molecular formula is C28H38N6O2. The Hall–Kier alpha value is -2.87. The number of amides is 3. The number of rotatable bonds is 3. The van der Waals surface area contributed by atoms with Crippen LogP contribution in [0.4, 0.5) is 4.79 Å². The number of hydrogen-bond acceptors (Lipinski definition) is 4. The molecule has 3 amide bonds. The van der Waals surface area contributed by atoms with Crippen molar-refractivity contribution in [3.8, 4) is 0 Å². The summed E-state index contributed by atoms with van der Waals surface area (Å²) in [6.07, 6.45) is 11.0. The molecular weight excluding hydrogens is 452 g/mol. The first-order valence-electron chi connectivity index (χ1n) is 13.7. The molecule has 4 aliphatic rings. The number of imidazole rings is 1. The van der Waals surface area contributed by atoms with E-state index in [1.807, 2.05) is 33.9 Å². The fourth-order valence-electron chi connectivity index (χ4n) is 7.27. The van der Waals surface area contributed by atoms with Gasteiger partial charge in [-0.1, -0.05) is 43.2 Å². The van der Waals surface area contributed by atoms with Gasteiger partial charge in [0.2, 0.25) is 5.91 Å². The molecule has 192 valence electrons. The number of piperidine rings is 2. The highest BCUT2D eigenvalue weighted by Gasteiger charge is 2.48. The predicted molar refractivity (Wildman–Crippen MR) is 137 cm³/mol. The standard InChI is InChI=1S/C28H38N6O2/c29-23-9-14-34(24(16-23)21-6-2-1-3-7-21)27(36)32-13-8-22(28(20-32)10-4-5-11-28)17-33-18-25-30-12-15-31(25)19-26(33)35/h1-3,6-7,12,15,22-24H,4-5,8-11,13-14,16-20,29H2/t22?,23-,24+/m1/s1. The van der Waals surface area contributed by atoms with Crippen LogP contribution in [0.5, 0.6) is 0 Å². The van der Waals surface area contributed by atoms with E-state index in [2.05, 4.69) is 26.9 Å². The molecule has 1 aromatic heterocycles. The Labute approximate surface area is 213 Å². The lowest BCUT2D eigenvalue weighted by atomic mass is 9.69. The second kappa shape index (κ2) is 9.54. The molecule has 36 heavy (non-hydrogen) atoms. The van der Waals surface area contributed by atoms with E-state index in [0.717, 1.165) is 57.6 Å². The minimum Gasteiger partial charge on any atom is -0.333 e. The summed E-state index contributed by atoms with van der Waals surface area (Å²) in [4.78, 5) is 37.5. The number of carbonyl (C=O) groups excluding carboxylic acids is 2. The van der Waals surface area contributed by atoms with Crippen LogP contribution in [-0.2, 0) is 17.9 Å². The second-order valence-electron chi connectivity index (χ2n) is 11.4. The molecule has 3 aliphatic heterocycles. The predicted octanol–water partition coefficient (Wildman–Crippen LogP) is 3.39. The van der Waals surface area contributed by atoms with Crippen molar-refractivity contribution in [3.63, 3.8) is 0 Å². The fraction of sp³-hybridized carbons (Fsp3) is 0.607. The van der Waals surface area contributed by atoms with Crippen LogP contribution in [0, 0.1) is 11.3 Å². The Morgan fingerprint density at radius 2 is 1.89 bits per heavy atom. The second-order valence-corrected chi connectivity index (χ2v) is 11.4. The molecule has 3 atom stereocenters. The van der Waals surface area contributed by atoms with Gasteiger partial charge in [0.25, 0.3) is 0 Å². The summed E-state index contributed by atoms with van der Waals surface area (Å²) in [5.41, 5.74) is 7.63. The lowest BCUT2D eigenvalue weighted by molar-refractivity contribution is -0.136. The van der Waals surface area contributed by atoms with Gasteiger partial charge in [0.05, 0.1) is 12.6 Å². The number of benzene rings is 1. The Bertz CT molecular complexity index is 1090. The van der Waals surface area contributed by atoms with Crippen LogP contribution >= 0.6 is 0 Å². The number of hydrogen-bond donors (Lipinski definition) is 1. The molecule has 3 fully saturated rings. The Kier molecular flexibility index (Phi) is 6.23. The van der Waals surface area contributed by atoms with Crippen LogP contribution < -0.4 is 5.73 Å². The third-order valence-corrected chi connectivity index (χ3v) is 9.30. The molecule has 8 nitrogen and oxygen atoms in total. The lowest BCUT2D eigenvalue weighted by Gasteiger charge is -2.50. The molecule has 1 spiro atoms. The van der Waals surface area contributed by atoms with Gasteiger partial charge in [-0.3, -0.25) is 4.79 Å². The van der Waals surface area contributed by atoms with Gasteiger partial charge in [-0.2, -0.15) is 0 Å². The fourth-order valence-corrected chi connectivity index (χ4v) is 7.27. The number of fused-ring (bicyclic) bond motifs is 1.